The van der Waals surface area contributed by atoms with E-state index in [0.29, 0.717) is 5.56 Å². The lowest BCUT2D eigenvalue weighted by molar-refractivity contribution is 0.0938. The van der Waals surface area contributed by atoms with Gasteiger partial charge in [0.25, 0.3) is 5.91 Å². The zero-order valence-corrected chi connectivity index (χ0v) is 11.5. The number of amides is 1. The Morgan fingerprint density at radius 2 is 1.80 bits per heavy atom. The van der Waals surface area contributed by atoms with Crippen molar-refractivity contribution in [1.29, 1.82) is 0 Å². The van der Waals surface area contributed by atoms with E-state index in [2.05, 4.69) is 17.4 Å². The highest BCUT2D eigenvalue weighted by Crippen LogP contribution is 2.25. The third kappa shape index (κ3) is 2.49. The Morgan fingerprint density at radius 1 is 1.15 bits per heavy atom. The molecule has 0 fully saturated rings. The molecule has 0 saturated carbocycles. The van der Waals surface area contributed by atoms with Crippen molar-refractivity contribution in [2.75, 3.05) is 0 Å². The van der Waals surface area contributed by atoms with Crippen molar-refractivity contribution in [1.82, 2.24) is 5.32 Å². The molecule has 2 aromatic carbocycles. The van der Waals surface area contributed by atoms with E-state index in [1.165, 1.54) is 23.3 Å². The van der Waals surface area contributed by atoms with E-state index in [1.54, 1.807) is 6.07 Å². The van der Waals surface area contributed by atoms with E-state index in [1.807, 2.05) is 12.1 Å². The smallest absolute Gasteiger partial charge is 0.251 e. The second kappa shape index (κ2) is 5.17. The molecule has 0 saturated heterocycles. The van der Waals surface area contributed by atoms with Crippen molar-refractivity contribution >= 4 is 17.5 Å². The topological polar surface area (TPSA) is 49.3 Å². The molecule has 0 bridgehead atoms. The maximum Gasteiger partial charge on any atom is 0.251 e. The zero-order chi connectivity index (χ0) is 14.1. The minimum Gasteiger partial charge on any atom is -0.506 e. The van der Waals surface area contributed by atoms with Gasteiger partial charge >= 0.3 is 0 Å². The highest BCUT2D eigenvalue weighted by Gasteiger charge is 2.22. The number of fused-ring (bicyclic) bond motifs is 1. The minimum atomic E-state index is -0.162. The van der Waals surface area contributed by atoms with Gasteiger partial charge < -0.3 is 10.4 Å². The molecule has 0 unspecified atom stereocenters. The van der Waals surface area contributed by atoms with Crippen LogP contribution in [0.2, 0.25) is 5.02 Å². The highest BCUT2D eigenvalue weighted by molar-refractivity contribution is 6.32. The highest BCUT2D eigenvalue weighted by atomic mass is 35.5. The molecule has 0 radical (unpaired) electrons. The summed E-state index contributed by atoms with van der Waals surface area (Å²) in [5.74, 6) is -0.179. The Hall–Kier alpha value is -2.00. The maximum atomic E-state index is 12.2. The van der Waals surface area contributed by atoms with Gasteiger partial charge in [0.15, 0.2) is 0 Å². The van der Waals surface area contributed by atoms with Gasteiger partial charge in [-0.3, -0.25) is 4.79 Å². The van der Waals surface area contributed by atoms with Crippen molar-refractivity contribution in [3.63, 3.8) is 0 Å². The average molecular weight is 288 g/mol. The van der Waals surface area contributed by atoms with Crippen LogP contribution in [0, 0.1) is 0 Å². The average Bonchev–Trinajstić information content (AvgIpc) is 2.83. The molecule has 2 aromatic rings. The largest absolute Gasteiger partial charge is 0.506 e. The first kappa shape index (κ1) is 13.0. The van der Waals surface area contributed by atoms with Gasteiger partial charge in [0, 0.05) is 11.6 Å². The SMILES string of the molecule is O=C(NC1Cc2ccccc2C1)c1ccc(O)c(Cl)c1. The van der Waals surface area contributed by atoms with Crippen LogP contribution in [0.3, 0.4) is 0 Å². The molecule has 102 valence electrons. The van der Waals surface area contributed by atoms with E-state index in [4.69, 9.17) is 11.6 Å². The van der Waals surface area contributed by atoms with Crippen LogP contribution in [0.5, 0.6) is 5.75 Å². The van der Waals surface area contributed by atoms with Crippen LogP contribution in [-0.2, 0) is 12.8 Å². The van der Waals surface area contributed by atoms with Crippen LogP contribution >= 0.6 is 11.6 Å². The lowest BCUT2D eigenvalue weighted by Gasteiger charge is -2.12. The van der Waals surface area contributed by atoms with Crippen LogP contribution in [0.1, 0.15) is 21.5 Å². The van der Waals surface area contributed by atoms with E-state index in [-0.39, 0.29) is 22.7 Å². The van der Waals surface area contributed by atoms with Crippen molar-refractivity contribution in [2.24, 2.45) is 0 Å². The predicted octanol–water partition coefficient (Wildman–Crippen LogP) is 2.94. The van der Waals surface area contributed by atoms with Crippen molar-refractivity contribution in [3.05, 3.63) is 64.2 Å². The lowest BCUT2D eigenvalue weighted by atomic mass is 10.1. The van der Waals surface area contributed by atoms with Crippen molar-refractivity contribution in [3.8, 4) is 5.75 Å². The van der Waals surface area contributed by atoms with Crippen LogP contribution in [0.4, 0.5) is 0 Å². The molecule has 4 heteroatoms. The number of aromatic hydroxyl groups is 1. The maximum absolute atomic E-state index is 12.2. The van der Waals surface area contributed by atoms with Crippen LogP contribution in [-0.4, -0.2) is 17.1 Å². The molecular formula is C16H14ClNO2. The molecular weight excluding hydrogens is 274 g/mol. The molecule has 2 N–H and O–H groups in total. The Bertz CT molecular complexity index is 644. The Balaban J connectivity index is 1.70. The number of rotatable bonds is 2. The minimum absolute atomic E-state index is 0.0171. The fraction of sp³-hybridized carbons (Fsp3) is 0.188. The van der Waals surface area contributed by atoms with E-state index in [0.717, 1.165) is 12.8 Å². The summed E-state index contributed by atoms with van der Waals surface area (Å²) in [7, 11) is 0. The Morgan fingerprint density at radius 3 is 2.40 bits per heavy atom. The predicted molar refractivity (Wildman–Crippen MR) is 78.2 cm³/mol. The Kier molecular flexibility index (Phi) is 3.36. The summed E-state index contributed by atoms with van der Waals surface area (Å²) in [6.45, 7) is 0. The fourth-order valence-corrected chi connectivity index (χ4v) is 2.76. The number of benzene rings is 2. The van der Waals surface area contributed by atoms with Crippen molar-refractivity contribution < 1.29 is 9.90 Å². The number of halogens is 1. The van der Waals surface area contributed by atoms with E-state index < -0.39 is 0 Å². The monoisotopic (exact) mass is 287 g/mol. The summed E-state index contributed by atoms with van der Waals surface area (Å²) < 4.78 is 0. The molecule has 0 atom stereocenters. The summed E-state index contributed by atoms with van der Waals surface area (Å²) in [4.78, 5) is 12.2. The summed E-state index contributed by atoms with van der Waals surface area (Å²) in [6, 6.07) is 12.8. The molecule has 20 heavy (non-hydrogen) atoms. The van der Waals surface area contributed by atoms with Gasteiger partial charge in [-0.1, -0.05) is 35.9 Å². The second-order valence-corrected chi connectivity index (χ2v) is 5.42. The van der Waals surface area contributed by atoms with Gasteiger partial charge in [0.05, 0.1) is 5.02 Å². The van der Waals surface area contributed by atoms with Gasteiger partial charge in [0.1, 0.15) is 5.75 Å². The number of hydrogen-bond donors (Lipinski definition) is 2. The molecule has 0 heterocycles. The first-order valence-electron chi connectivity index (χ1n) is 6.49. The van der Waals surface area contributed by atoms with Gasteiger partial charge in [-0.25, -0.2) is 0 Å². The molecule has 3 nitrogen and oxygen atoms in total. The van der Waals surface area contributed by atoms with Gasteiger partial charge in [-0.05, 0) is 42.2 Å². The first-order valence-corrected chi connectivity index (χ1v) is 6.87. The van der Waals surface area contributed by atoms with Gasteiger partial charge in [0.2, 0.25) is 0 Å². The number of nitrogens with one attached hydrogen (secondary N) is 1. The van der Waals surface area contributed by atoms with Crippen molar-refractivity contribution in [2.45, 2.75) is 18.9 Å². The van der Waals surface area contributed by atoms with E-state index in [9.17, 15) is 9.90 Å². The van der Waals surface area contributed by atoms with Gasteiger partial charge in [-0.2, -0.15) is 0 Å². The molecule has 0 spiro atoms. The van der Waals surface area contributed by atoms with Crippen LogP contribution in [0.25, 0.3) is 0 Å². The standard InChI is InChI=1S/C16H14ClNO2/c17-14-9-12(5-6-15(14)19)16(20)18-13-7-10-3-1-2-4-11(10)8-13/h1-6,9,13,19H,7-8H2,(H,18,20). The van der Waals surface area contributed by atoms with Crippen LogP contribution in [0.15, 0.2) is 42.5 Å². The molecule has 1 aliphatic rings. The third-order valence-corrected chi connectivity index (χ3v) is 3.90. The quantitative estimate of drug-likeness (QED) is 0.892. The number of hydrogen-bond acceptors (Lipinski definition) is 2. The number of carbonyl (C=O) groups is 1. The molecule has 0 aliphatic heterocycles. The van der Waals surface area contributed by atoms with E-state index >= 15 is 0 Å². The molecule has 1 amide bonds. The molecule has 3 rings (SSSR count). The summed E-state index contributed by atoms with van der Waals surface area (Å²) in [5.41, 5.74) is 3.05. The summed E-state index contributed by atoms with van der Waals surface area (Å²) in [6.07, 6.45) is 1.71. The second-order valence-electron chi connectivity index (χ2n) is 5.01. The summed E-state index contributed by atoms with van der Waals surface area (Å²) >= 11 is 5.82. The Labute approximate surface area is 122 Å². The third-order valence-electron chi connectivity index (χ3n) is 3.60. The lowest BCUT2D eigenvalue weighted by Crippen LogP contribution is -2.35. The van der Waals surface area contributed by atoms with Crippen LogP contribution < -0.4 is 5.32 Å². The number of phenols is 1. The first-order chi connectivity index (χ1) is 9.63. The number of carbonyl (C=O) groups excluding carboxylic acids is 1. The normalized spacial score (nSPS) is 14.1. The number of phenolic OH excluding ortho intramolecular Hbond substituents is 1. The fourth-order valence-electron chi connectivity index (χ4n) is 2.58. The summed E-state index contributed by atoms with van der Waals surface area (Å²) in [5, 5.41) is 12.6. The molecule has 0 aromatic heterocycles. The zero-order valence-electron chi connectivity index (χ0n) is 10.8. The molecule has 1 aliphatic carbocycles. The van der Waals surface area contributed by atoms with Gasteiger partial charge in [-0.15, -0.1) is 0 Å².